The van der Waals surface area contributed by atoms with Gasteiger partial charge in [-0.2, -0.15) is 0 Å². The SMILES string of the molecule is Cc1cc(C)c(N2CCN(c3c(C)cc(C)cc3C)C2=C2C(=Cc3ccccc3)C(Cl)(Cl)CCC2P(C2CCCCC2)C2CCCCC2)c(C)c1.PCCCCCC(Cl)(Cl)Cl.[Cl][Ru][Cl].[Ru]. The number of hydrogen-bond acceptors (Lipinski definition) is 2. The van der Waals surface area contributed by atoms with Gasteiger partial charge in [-0.05, 0) is 156 Å². The number of rotatable bonds is 10. The summed E-state index contributed by atoms with van der Waals surface area (Å²) in [6, 6.07) is 20.3. The van der Waals surface area contributed by atoms with E-state index in [0.29, 0.717) is 12.1 Å². The quantitative estimate of drug-likeness (QED) is 0.0864. The molecule has 0 aromatic heterocycles. The van der Waals surface area contributed by atoms with Crippen molar-refractivity contribution in [1.29, 1.82) is 0 Å². The largest absolute Gasteiger partial charge is 0 e. The number of halogens is 7. The first-order chi connectivity index (χ1) is 30.5. The molecule has 2 atom stereocenters. The van der Waals surface area contributed by atoms with Crippen molar-refractivity contribution < 1.29 is 34.6 Å². The maximum Gasteiger partial charge on any atom is 0 e. The smallest absolute Gasteiger partial charge is 0 e. The Bertz CT molecular complexity index is 1880. The second-order valence-electron chi connectivity index (χ2n) is 18.6. The summed E-state index contributed by atoms with van der Waals surface area (Å²) < 4.78 is -2.01. The first-order valence-corrected chi connectivity index (χ1v) is 32.2. The standard InChI is InChI=1S/C46H59Cl2N2P.C6H12Cl3P.2ClH.2Ru/c1-31-26-33(3)43(34(4)27-31)49-24-25-50(44-35(5)28-32(2)29-36(44)6)45(49)42-40(30-37-16-10-7-11-17-37)46(47,48)23-22-41(42)51(38-18-12-8-13-19-38)39-20-14-9-15-21-39;7-6(8,9)4-2-1-3-5-10;;;;/h7,10-11,16-17,26-30,38-39,41H,8-9,12-15,18-25H2,1-6H3;1-5,10H2;2*1H;;/q;;;;;+2/p-2. The van der Waals surface area contributed by atoms with E-state index >= 15 is 0 Å². The molecule has 3 aromatic carbocycles. The molecule has 13 heteroatoms. The molecule has 3 saturated carbocycles. The van der Waals surface area contributed by atoms with Gasteiger partial charge in [-0.15, -0.1) is 9.24 Å². The second kappa shape index (κ2) is 28.2. The summed E-state index contributed by atoms with van der Waals surface area (Å²) in [6.45, 7) is 15.6. The van der Waals surface area contributed by atoms with E-state index in [4.69, 9.17) is 77.4 Å². The molecule has 0 radical (unpaired) electrons. The van der Waals surface area contributed by atoms with Gasteiger partial charge in [0.25, 0.3) is 0 Å². The zero-order valence-electron chi connectivity index (χ0n) is 39.2. The predicted octanol–water partition coefficient (Wildman–Crippen LogP) is 18.8. The zero-order valence-corrected chi connectivity index (χ0v) is 50.0. The molecule has 3 aromatic rings. The number of benzene rings is 3. The molecular weight excluding hydrogens is 1160 g/mol. The van der Waals surface area contributed by atoms with Crippen LogP contribution in [0.3, 0.4) is 0 Å². The zero-order chi connectivity index (χ0) is 46.6. The molecule has 2 unspecified atom stereocenters. The minimum absolute atomic E-state index is 0. The van der Waals surface area contributed by atoms with Crippen LogP contribution in [0.25, 0.3) is 6.08 Å². The average molecular weight is 1240 g/mol. The molecule has 0 N–H and O–H groups in total. The Kier molecular flexibility index (Phi) is 25.4. The van der Waals surface area contributed by atoms with Crippen LogP contribution in [0.15, 0.2) is 71.6 Å². The third-order valence-electron chi connectivity index (χ3n) is 13.5. The van der Waals surface area contributed by atoms with E-state index in [1.165, 1.54) is 132 Å². The molecule has 65 heavy (non-hydrogen) atoms. The van der Waals surface area contributed by atoms with E-state index in [2.05, 4.69) is 121 Å². The van der Waals surface area contributed by atoms with Crippen molar-refractivity contribution in [2.75, 3.05) is 29.1 Å². The van der Waals surface area contributed by atoms with Crippen LogP contribution in [-0.4, -0.2) is 44.4 Å². The molecule has 4 fully saturated rings. The molecule has 364 valence electrons. The van der Waals surface area contributed by atoms with Crippen LogP contribution < -0.4 is 9.80 Å². The Balaban J connectivity index is 0.000000580. The molecular formula is C52H71Cl7N2P2Ru2. The molecule has 1 heterocycles. The van der Waals surface area contributed by atoms with Crippen molar-refractivity contribution in [3.05, 3.63) is 111 Å². The van der Waals surface area contributed by atoms with Crippen molar-refractivity contribution in [3.8, 4) is 0 Å². The van der Waals surface area contributed by atoms with Crippen molar-refractivity contribution in [1.82, 2.24) is 0 Å². The predicted molar refractivity (Wildman–Crippen MR) is 291 cm³/mol. The molecule has 3 aliphatic carbocycles. The average Bonchev–Trinajstić information content (AvgIpc) is 3.64. The Hall–Kier alpha value is 0.877. The maximum atomic E-state index is 7.69. The van der Waals surface area contributed by atoms with Crippen molar-refractivity contribution in [3.63, 3.8) is 0 Å². The summed E-state index contributed by atoms with van der Waals surface area (Å²) in [5, 5.41) is 0. The van der Waals surface area contributed by atoms with Crippen LogP contribution in [0.1, 0.15) is 142 Å². The molecule has 1 aliphatic heterocycles. The summed E-state index contributed by atoms with van der Waals surface area (Å²) >= 11 is 31.6. The number of aryl methyl sites for hydroxylation is 6. The molecule has 2 nitrogen and oxygen atoms in total. The van der Waals surface area contributed by atoms with Gasteiger partial charge in [0.05, 0.1) is 0 Å². The van der Waals surface area contributed by atoms with Gasteiger partial charge in [-0.3, -0.25) is 0 Å². The summed E-state index contributed by atoms with van der Waals surface area (Å²) in [4.78, 5) is 5.41. The van der Waals surface area contributed by atoms with Gasteiger partial charge in [0.1, 0.15) is 10.2 Å². The van der Waals surface area contributed by atoms with Gasteiger partial charge in [0.15, 0.2) is 3.79 Å². The Labute approximate surface area is 451 Å². The number of hydrogen-bond donors (Lipinski definition) is 0. The van der Waals surface area contributed by atoms with Gasteiger partial charge in [0, 0.05) is 55.2 Å². The van der Waals surface area contributed by atoms with Crippen molar-refractivity contribution >= 4 is 112 Å². The van der Waals surface area contributed by atoms with Crippen LogP contribution >= 0.6 is 94.5 Å². The van der Waals surface area contributed by atoms with Crippen LogP contribution in [-0.2, 0) is 34.6 Å². The third kappa shape index (κ3) is 16.4. The van der Waals surface area contributed by atoms with Gasteiger partial charge in [-0.1, -0.05) is 177 Å². The van der Waals surface area contributed by atoms with Gasteiger partial charge in [-0.25, -0.2) is 0 Å². The first-order valence-electron chi connectivity index (χ1n) is 23.5. The van der Waals surface area contributed by atoms with Gasteiger partial charge < -0.3 is 9.80 Å². The van der Waals surface area contributed by atoms with Crippen LogP contribution in [0.4, 0.5) is 11.4 Å². The number of anilines is 2. The minimum Gasteiger partial charge on any atom is 0 e. The third-order valence-corrected chi connectivity index (χ3v) is 19.2. The Morgan fingerprint density at radius 2 is 1.14 bits per heavy atom. The number of unbranched alkanes of at least 4 members (excludes halogenated alkanes) is 2. The fourth-order valence-electron chi connectivity index (χ4n) is 11.1. The first kappa shape index (κ1) is 58.4. The van der Waals surface area contributed by atoms with Crippen molar-refractivity contribution in [2.45, 2.75) is 169 Å². The summed E-state index contributed by atoms with van der Waals surface area (Å²) in [5.41, 5.74) is 16.6. The van der Waals surface area contributed by atoms with Crippen molar-refractivity contribution in [2.24, 2.45) is 0 Å². The van der Waals surface area contributed by atoms with Crippen LogP contribution in [0, 0.1) is 41.5 Å². The molecule has 4 aliphatic rings. The second-order valence-corrected chi connectivity index (χ2v) is 28.8. The normalized spacial score (nSPS) is 20.1. The van der Waals surface area contributed by atoms with Gasteiger partial charge >= 0.3 is 34.5 Å². The number of allylic oxidation sites excluding steroid dienone is 2. The molecule has 0 spiro atoms. The number of nitrogens with zero attached hydrogens (tertiary/aromatic N) is 2. The summed E-state index contributed by atoms with van der Waals surface area (Å²) in [6.07, 6.45) is 23.3. The fraction of sp³-hybridized carbons (Fsp3) is 0.577. The van der Waals surface area contributed by atoms with E-state index in [0.717, 1.165) is 61.8 Å². The molecule has 1 saturated heterocycles. The van der Waals surface area contributed by atoms with E-state index in [9.17, 15) is 0 Å². The van der Waals surface area contributed by atoms with Crippen LogP contribution in [0.5, 0.6) is 0 Å². The Morgan fingerprint density at radius 3 is 1.55 bits per heavy atom. The molecule has 0 amide bonds. The summed E-state index contributed by atoms with van der Waals surface area (Å²) in [5.74, 6) is 1.34. The maximum absolute atomic E-state index is 7.69. The monoisotopic (exact) mass is 1230 g/mol. The molecule has 0 bridgehead atoms. The minimum atomic E-state index is -1.04. The van der Waals surface area contributed by atoms with Crippen LogP contribution in [0.2, 0.25) is 0 Å². The van der Waals surface area contributed by atoms with E-state index in [1.807, 2.05) is 0 Å². The Morgan fingerprint density at radius 1 is 0.692 bits per heavy atom. The number of alkyl halides is 5. The van der Waals surface area contributed by atoms with E-state index in [-0.39, 0.29) is 42.5 Å². The van der Waals surface area contributed by atoms with E-state index < -0.39 is 8.13 Å². The topological polar surface area (TPSA) is 6.48 Å². The van der Waals surface area contributed by atoms with E-state index in [1.54, 1.807) is 0 Å². The summed E-state index contributed by atoms with van der Waals surface area (Å²) in [7, 11) is 12.1. The molecule has 7 rings (SSSR count). The van der Waals surface area contributed by atoms with Gasteiger partial charge in [0.2, 0.25) is 0 Å². The fourth-order valence-corrected chi connectivity index (χ4v) is 16.9.